The number of para-hydroxylation sites is 1. The van der Waals surface area contributed by atoms with E-state index < -0.39 is 5.60 Å². The number of ether oxygens (including phenoxy) is 4. The first-order chi connectivity index (χ1) is 24.1. The van der Waals surface area contributed by atoms with Gasteiger partial charge in [-0.05, 0) is 75.3 Å². The van der Waals surface area contributed by atoms with Crippen molar-refractivity contribution in [3.8, 4) is 17.5 Å². The maximum absolute atomic E-state index is 12.5. The van der Waals surface area contributed by atoms with Gasteiger partial charge in [-0.25, -0.2) is 4.79 Å². The van der Waals surface area contributed by atoms with Crippen LogP contribution < -0.4 is 24.0 Å². The van der Waals surface area contributed by atoms with E-state index in [9.17, 15) is 9.59 Å². The highest BCUT2D eigenvalue weighted by Gasteiger charge is 2.27. The Balaban J connectivity index is 1.31. The van der Waals surface area contributed by atoms with Gasteiger partial charge < -0.3 is 33.6 Å². The lowest BCUT2D eigenvalue weighted by molar-refractivity contribution is -0.107. The molecular formula is C40H48N4O6. The van der Waals surface area contributed by atoms with Crippen LogP contribution in [0.1, 0.15) is 51.2 Å². The van der Waals surface area contributed by atoms with Crippen LogP contribution in [0.2, 0.25) is 0 Å². The Morgan fingerprint density at radius 1 is 0.820 bits per heavy atom. The van der Waals surface area contributed by atoms with E-state index in [1.165, 1.54) is 4.90 Å². The zero-order valence-corrected chi connectivity index (χ0v) is 29.7. The molecule has 0 spiro atoms. The van der Waals surface area contributed by atoms with Crippen molar-refractivity contribution >= 4 is 29.6 Å². The molecule has 1 aromatic heterocycles. The Kier molecular flexibility index (Phi) is 12.2. The minimum Gasteiger partial charge on any atom is -0.491 e. The van der Waals surface area contributed by atoms with Crippen molar-refractivity contribution in [1.29, 1.82) is 0 Å². The number of likely N-dealkylation sites (tertiary alicyclic amines) is 1. The van der Waals surface area contributed by atoms with Gasteiger partial charge in [0.2, 0.25) is 18.2 Å². The summed E-state index contributed by atoms with van der Waals surface area (Å²) in [6.45, 7) is 8.14. The molecule has 0 aliphatic carbocycles. The van der Waals surface area contributed by atoms with E-state index in [-0.39, 0.29) is 6.09 Å². The van der Waals surface area contributed by atoms with Crippen LogP contribution >= 0.6 is 0 Å². The quantitative estimate of drug-likeness (QED) is 0.124. The second-order valence-corrected chi connectivity index (χ2v) is 13.5. The van der Waals surface area contributed by atoms with Gasteiger partial charge in [-0.3, -0.25) is 4.79 Å². The predicted octanol–water partition coefficient (Wildman–Crippen LogP) is 8.02. The molecule has 2 heterocycles. The van der Waals surface area contributed by atoms with Crippen LogP contribution in [-0.2, 0) is 22.7 Å². The fourth-order valence-corrected chi connectivity index (χ4v) is 5.82. The fraction of sp³-hybridized carbons (Fsp3) is 0.375. The molecule has 5 rings (SSSR count). The molecule has 0 saturated carbocycles. The molecule has 1 aliphatic heterocycles. The van der Waals surface area contributed by atoms with Gasteiger partial charge in [-0.1, -0.05) is 66.7 Å². The number of amides is 2. The summed E-state index contributed by atoms with van der Waals surface area (Å²) in [5.41, 5.74) is 3.60. The van der Waals surface area contributed by atoms with Crippen molar-refractivity contribution in [2.75, 3.05) is 43.6 Å². The molecule has 1 fully saturated rings. The first kappa shape index (κ1) is 36.0. The number of piperidine rings is 1. The Labute approximate surface area is 295 Å². The summed E-state index contributed by atoms with van der Waals surface area (Å²) in [6, 6.07) is 29.3. The number of hydrogen-bond acceptors (Lipinski definition) is 8. The van der Waals surface area contributed by atoms with E-state index in [0.29, 0.717) is 67.7 Å². The molecule has 2 amide bonds. The van der Waals surface area contributed by atoms with Crippen LogP contribution in [0.15, 0.2) is 91.0 Å². The first-order valence-electron chi connectivity index (χ1n) is 17.1. The van der Waals surface area contributed by atoms with E-state index in [1.807, 2.05) is 124 Å². The summed E-state index contributed by atoms with van der Waals surface area (Å²) < 4.78 is 24.3. The van der Waals surface area contributed by atoms with Crippen molar-refractivity contribution in [2.45, 2.75) is 58.8 Å². The van der Waals surface area contributed by atoms with Crippen LogP contribution in [0.4, 0.5) is 21.9 Å². The predicted molar refractivity (Wildman–Crippen MR) is 195 cm³/mol. The number of hydrogen-bond donors (Lipinski definition) is 0. The largest absolute Gasteiger partial charge is 0.491 e. The number of nitrogens with zero attached hydrogens (tertiary/aromatic N) is 4. The van der Waals surface area contributed by atoms with E-state index in [1.54, 1.807) is 11.9 Å². The Bertz CT molecular complexity index is 1690. The van der Waals surface area contributed by atoms with Crippen molar-refractivity contribution in [3.63, 3.8) is 0 Å². The molecule has 50 heavy (non-hydrogen) atoms. The average Bonchev–Trinajstić information content (AvgIpc) is 3.13. The molecule has 0 bridgehead atoms. The number of carbonyl (C=O) groups is 2. The number of rotatable bonds is 14. The number of carbonyl (C=O) groups excluding carboxylic acids is 2. The lowest BCUT2D eigenvalue weighted by Gasteiger charge is -2.33. The van der Waals surface area contributed by atoms with Gasteiger partial charge in [0.1, 0.15) is 35.9 Å². The van der Waals surface area contributed by atoms with Crippen LogP contribution in [0.5, 0.6) is 17.5 Å². The van der Waals surface area contributed by atoms with Gasteiger partial charge in [-0.2, -0.15) is 4.98 Å². The van der Waals surface area contributed by atoms with Crippen molar-refractivity contribution in [2.24, 2.45) is 5.92 Å². The third kappa shape index (κ3) is 9.90. The monoisotopic (exact) mass is 680 g/mol. The molecule has 264 valence electrons. The molecule has 10 heteroatoms. The second-order valence-electron chi connectivity index (χ2n) is 13.5. The lowest BCUT2D eigenvalue weighted by Crippen LogP contribution is -2.41. The molecule has 0 N–H and O–H groups in total. The summed E-state index contributed by atoms with van der Waals surface area (Å²) in [6.07, 6.45) is 3.12. The van der Waals surface area contributed by atoms with E-state index >= 15 is 0 Å². The SMILES string of the molecule is CN(C=O)c1c(OCCC2CCN(C(=O)OC(C)(C)C)CC2)cccc1N(C)c1ccc(OCc2ccccc2)nc1OCc1ccccc1. The number of anilines is 3. The highest BCUT2D eigenvalue weighted by Crippen LogP contribution is 2.42. The number of benzene rings is 3. The Morgan fingerprint density at radius 2 is 1.46 bits per heavy atom. The standard InChI is InChI=1S/C40H48N4O6/c1-40(2,3)50-39(46)44-24-21-30(22-25-44)23-26-47-35-18-12-17-33(37(35)42(4)29-45)43(5)34-19-20-36(48-27-31-13-8-6-9-14-31)41-38(34)49-28-32-15-10-7-11-16-32/h6-20,29-30H,21-28H2,1-5H3. The topological polar surface area (TPSA) is 93.7 Å². The van der Waals surface area contributed by atoms with Gasteiger partial charge in [0.05, 0.1) is 12.3 Å². The molecule has 1 aliphatic rings. The molecular weight excluding hydrogens is 632 g/mol. The Hall–Kier alpha value is -5.25. The second kappa shape index (κ2) is 16.9. The molecule has 0 radical (unpaired) electrons. The third-order valence-electron chi connectivity index (χ3n) is 8.52. The van der Waals surface area contributed by atoms with Crippen LogP contribution in [0, 0.1) is 5.92 Å². The summed E-state index contributed by atoms with van der Waals surface area (Å²) in [4.78, 5) is 34.7. The first-order valence-corrected chi connectivity index (χ1v) is 17.1. The molecule has 0 unspecified atom stereocenters. The van der Waals surface area contributed by atoms with Gasteiger partial charge in [0.25, 0.3) is 0 Å². The van der Waals surface area contributed by atoms with Crippen molar-refractivity contribution in [3.05, 3.63) is 102 Å². The molecule has 10 nitrogen and oxygen atoms in total. The van der Waals surface area contributed by atoms with Crippen LogP contribution in [-0.4, -0.2) is 61.8 Å². The maximum Gasteiger partial charge on any atom is 0.410 e. The fourth-order valence-electron chi connectivity index (χ4n) is 5.82. The van der Waals surface area contributed by atoms with Gasteiger partial charge in [-0.15, -0.1) is 0 Å². The van der Waals surface area contributed by atoms with Gasteiger partial charge in [0.15, 0.2) is 0 Å². The van der Waals surface area contributed by atoms with Crippen LogP contribution in [0.25, 0.3) is 0 Å². The minimum atomic E-state index is -0.510. The van der Waals surface area contributed by atoms with E-state index in [0.717, 1.165) is 42.5 Å². The van der Waals surface area contributed by atoms with Gasteiger partial charge in [0, 0.05) is 33.3 Å². The highest BCUT2D eigenvalue weighted by atomic mass is 16.6. The summed E-state index contributed by atoms with van der Waals surface area (Å²) in [5, 5.41) is 0. The smallest absolute Gasteiger partial charge is 0.410 e. The molecule has 0 atom stereocenters. The summed E-state index contributed by atoms with van der Waals surface area (Å²) in [7, 11) is 3.63. The van der Waals surface area contributed by atoms with Gasteiger partial charge >= 0.3 is 6.09 Å². The average molecular weight is 681 g/mol. The Morgan fingerprint density at radius 3 is 2.08 bits per heavy atom. The highest BCUT2D eigenvalue weighted by molar-refractivity contribution is 5.90. The van der Waals surface area contributed by atoms with Crippen molar-refractivity contribution < 1.29 is 28.5 Å². The maximum atomic E-state index is 12.5. The normalized spacial score (nSPS) is 13.3. The molecule has 4 aromatic rings. The molecule has 1 saturated heterocycles. The third-order valence-corrected chi connectivity index (χ3v) is 8.52. The van der Waals surface area contributed by atoms with Crippen LogP contribution in [0.3, 0.4) is 0 Å². The molecule has 3 aromatic carbocycles. The minimum absolute atomic E-state index is 0.257. The summed E-state index contributed by atoms with van der Waals surface area (Å²) in [5.74, 6) is 1.85. The summed E-state index contributed by atoms with van der Waals surface area (Å²) >= 11 is 0. The lowest BCUT2D eigenvalue weighted by atomic mass is 9.94. The van der Waals surface area contributed by atoms with E-state index in [4.69, 9.17) is 23.9 Å². The van der Waals surface area contributed by atoms with E-state index in [2.05, 4.69) is 0 Å². The van der Waals surface area contributed by atoms with Crippen molar-refractivity contribution in [1.82, 2.24) is 9.88 Å². The number of aromatic nitrogens is 1. The number of pyridine rings is 1. The zero-order valence-electron chi connectivity index (χ0n) is 29.7. The zero-order chi connectivity index (χ0) is 35.5.